The van der Waals surface area contributed by atoms with Crippen molar-refractivity contribution >= 4 is 33.6 Å². The largest absolute Gasteiger partial charge is 0.338 e. The monoisotopic (exact) mass is 428 g/mol. The lowest BCUT2D eigenvalue weighted by Gasteiger charge is -2.15. The number of carbonyl (C=O) groups is 2. The second-order valence-electron chi connectivity index (χ2n) is 6.11. The third-order valence-electron chi connectivity index (χ3n) is 3.99. The zero-order chi connectivity index (χ0) is 19.8. The first-order chi connectivity index (χ1) is 12.9. The number of nitrogens with zero attached hydrogens (tertiary/aromatic N) is 1. The zero-order valence-electron chi connectivity index (χ0n) is 15.2. The topological polar surface area (TPSA) is 94.0 Å². The number of benzene rings is 2. The van der Waals surface area contributed by atoms with Crippen molar-refractivity contribution in [1.29, 1.82) is 5.26 Å². The number of aryl methyl sites for hydroxylation is 1. The van der Waals surface area contributed by atoms with Crippen LogP contribution in [0, 0.1) is 18.3 Å². The lowest BCUT2D eigenvalue weighted by Crippen LogP contribution is -2.38. The molecule has 6 nitrogen and oxygen atoms in total. The standard InChI is InChI=1S/C20H21BrN4O2/c1-13-11-17(21)7-8-18(13)25-19(26)9-10-23-20(27)24-14(2)16-5-3-15(12-22)4-6-16/h3-8,11,14H,9-10H2,1-2H3,(H,25,26)(H2,23,24,27). The molecule has 0 aliphatic carbocycles. The molecule has 0 radical (unpaired) electrons. The SMILES string of the molecule is Cc1cc(Br)ccc1NC(=O)CCNC(=O)NC(C)c1ccc(C#N)cc1. The molecule has 2 rings (SSSR count). The molecule has 0 aliphatic rings. The predicted octanol–water partition coefficient (Wildman–Crippen LogP) is 4.02. The Kier molecular flexibility index (Phi) is 7.38. The van der Waals surface area contributed by atoms with E-state index in [0.717, 1.165) is 21.3 Å². The summed E-state index contributed by atoms with van der Waals surface area (Å²) in [5.41, 5.74) is 3.18. The van der Waals surface area contributed by atoms with Crippen molar-refractivity contribution < 1.29 is 9.59 Å². The summed E-state index contributed by atoms with van der Waals surface area (Å²) in [6.07, 6.45) is 0.175. The second-order valence-corrected chi connectivity index (χ2v) is 7.03. The first kappa shape index (κ1) is 20.5. The van der Waals surface area contributed by atoms with Gasteiger partial charge in [0.1, 0.15) is 0 Å². The average molecular weight is 429 g/mol. The molecule has 0 aliphatic heterocycles. The molecular formula is C20H21BrN4O2. The number of urea groups is 1. The molecule has 1 atom stereocenters. The van der Waals surface area contributed by atoms with Gasteiger partial charge in [0.25, 0.3) is 0 Å². The third kappa shape index (κ3) is 6.42. The van der Waals surface area contributed by atoms with Gasteiger partial charge >= 0.3 is 6.03 Å². The summed E-state index contributed by atoms with van der Waals surface area (Å²) in [6.45, 7) is 3.99. The molecule has 27 heavy (non-hydrogen) atoms. The van der Waals surface area contributed by atoms with E-state index in [-0.39, 0.29) is 30.9 Å². The van der Waals surface area contributed by atoms with E-state index < -0.39 is 0 Å². The van der Waals surface area contributed by atoms with E-state index in [1.807, 2.05) is 32.0 Å². The van der Waals surface area contributed by atoms with Crippen molar-refractivity contribution in [1.82, 2.24) is 10.6 Å². The number of hydrogen-bond acceptors (Lipinski definition) is 3. The van der Waals surface area contributed by atoms with Crippen LogP contribution in [0.1, 0.15) is 36.1 Å². The number of hydrogen-bond donors (Lipinski definition) is 3. The normalized spacial score (nSPS) is 11.2. The summed E-state index contributed by atoms with van der Waals surface area (Å²) in [7, 11) is 0. The van der Waals surface area contributed by atoms with Crippen molar-refractivity contribution in [3.8, 4) is 6.07 Å². The van der Waals surface area contributed by atoms with Crippen molar-refractivity contribution in [2.24, 2.45) is 0 Å². The molecule has 0 saturated heterocycles. The Morgan fingerprint density at radius 1 is 1.19 bits per heavy atom. The predicted molar refractivity (Wildman–Crippen MR) is 108 cm³/mol. The Hall–Kier alpha value is -2.85. The van der Waals surface area contributed by atoms with Crippen LogP contribution in [0.2, 0.25) is 0 Å². The van der Waals surface area contributed by atoms with E-state index in [9.17, 15) is 9.59 Å². The van der Waals surface area contributed by atoms with E-state index >= 15 is 0 Å². The summed E-state index contributed by atoms with van der Waals surface area (Å²) in [4.78, 5) is 24.0. The molecule has 1 unspecified atom stereocenters. The summed E-state index contributed by atoms with van der Waals surface area (Å²) in [5, 5.41) is 17.1. The first-order valence-corrected chi connectivity index (χ1v) is 9.29. The van der Waals surface area contributed by atoms with Crippen LogP contribution >= 0.6 is 15.9 Å². The quantitative estimate of drug-likeness (QED) is 0.648. The first-order valence-electron chi connectivity index (χ1n) is 8.49. The highest BCUT2D eigenvalue weighted by molar-refractivity contribution is 9.10. The summed E-state index contributed by atoms with van der Waals surface area (Å²) >= 11 is 3.38. The van der Waals surface area contributed by atoms with Crippen molar-refractivity contribution in [2.45, 2.75) is 26.3 Å². The van der Waals surface area contributed by atoms with Gasteiger partial charge in [0, 0.05) is 23.1 Å². The zero-order valence-corrected chi connectivity index (χ0v) is 16.8. The Labute approximate surface area is 167 Å². The van der Waals surface area contributed by atoms with Crippen LogP contribution in [0.4, 0.5) is 10.5 Å². The van der Waals surface area contributed by atoms with E-state index in [4.69, 9.17) is 5.26 Å². The molecule has 0 saturated carbocycles. The van der Waals surface area contributed by atoms with Crippen LogP contribution in [0.3, 0.4) is 0 Å². The lowest BCUT2D eigenvalue weighted by atomic mass is 10.1. The van der Waals surface area contributed by atoms with Crippen LogP contribution in [0.5, 0.6) is 0 Å². The number of halogens is 1. The van der Waals surface area contributed by atoms with Crippen molar-refractivity contribution in [3.63, 3.8) is 0 Å². The Morgan fingerprint density at radius 2 is 1.89 bits per heavy atom. The Bertz CT molecular complexity index is 859. The maximum atomic E-state index is 12.0. The van der Waals surface area contributed by atoms with Gasteiger partial charge in [0.05, 0.1) is 17.7 Å². The van der Waals surface area contributed by atoms with Gasteiger partial charge in [-0.05, 0) is 55.3 Å². The fraction of sp³-hybridized carbons (Fsp3) is 0.250. The van der Waals surface area contributed by atoms with Crippen LogP contribution in [-0.4, -0.2) is 18.5 Å². The molecule has 2 aromatic rings. The van der Waals surface area contributed by atoms with E-state index in [1.54, 1.807) is 24.3 Å². The fourth-order valence-electron chi connectivity index (χ4n) is 2.45. The van der Waals surface area contributed by atoms with E-state index in [1.165, 1.54) is 0 Å². The third-order valence-corrected chi connectivity index (χ3v) is 4.48. The van der Waals surface area contributed by atoms with E-state index in [0.29, 0.717) is 5.56 Å². The van der Waals surface area contributed by atoms with Crippen molar-refractivity contribution in [2.75, 3.05) is 11.9 Å². The Balaban J connectivity index is 1.74. The van der Waals surface area contributed by atoms with Gasteiger partial charge in [-0.2, -0.15) is 5.26 Å². The van der Waals surface area contributed by atoms with Crippen molar-refractivity contribution in [3.05, 3.63) is 63.6 Å². The number of rotatable bonds is 6. The number of nitriles is 1. The fourth-order valence-corrected chi connectivity index (χ4v) is 2.92. The van der Waals surface area contributed by atoms with Gasteiger partial charge in [-0.15, -0.1) is 0 Å². The molecule has 0 spiro atoms. The minimum absolute atomic E-state index is 0.166. The minimum Gasteiger partial charge on any atom is -0.338 e. The molecule has 3 amide bonds. The van der Waals surface area contributed by atoms with Crippen LogP contribution in [0.15, 0.2) is 46.9 Å². The Morgan fingerprint density at radius 3 is 2.52 bits per heavy atom. The molecule has 7 heteroatoms. The molecular weight excluding hydrogens is 408 g/mol. The number of carbonyl (C=O) groups excluding carboxylic acids is 2. The van der Waals surface area contributed by atoms with Gasteiger partial charge in [-0.1, -0.05) is 28.1 Å². The van der Waals surface area contributed by atoms with Gasteiger partial charge in [-0.3, -0.25) is 4.79 Å². The highest BCUT2D eigenvalue weighted by Crippen LogP contribution is 2.20. The summed E-state index contributed by atoms with van der Waals surface area (Å²) in [6, 6.07) is 14.1. The molecule has 2 aromatic carbocycles. The summed E-state index contributed by atoms with van der Waals surface area (Å²) < 4.78 is 0.952. The molecule has 0 heterocycles. The summed E-state index contributed by atoms with van der Waals surface area (Å²) in [5.74, 6) is -0.166. The highest BCUT2D eigenvalue weighted by Gasteiger charge is 2.10. The van der Waals surface area contributed by atoms with Crippen LogP contribution in [-0.2, 0) is 4.79 Å². The van der Waals surface area contributed by atoms with Gasteiger partial charge in [-0.25, -0.2) is 4.79 Å². The molecule has 0 fully saturated rings. The second kappa shape index (κ2) is 9.74. The average Bonchev–Trinajstić information content (AvgIpc) is 2.64. The maximum absolute atomic E-state index is 12.0. The molecule has 3 N–H and O–H groups in total. The smallest absolute Gasteiger partial charge is 0.315 e. The highest BCUT2D eigenvalue weighted by atomic mass is 79.9. The van der Waals surface area contributed by atoms with Gasteiger partial charge in [0.2, 0.25) is 5.91 Å². The maximum Gasteiger partial charge on any atom is 0.315 e. The lowest BCUT2D eigenvalue weighted by molar-refractivity contribution is -0.116. The molecule has 0 aromatic heterocycles. The van der Waals surface area contributed by atoms with Crippen LogP contribution < -0.4 is 16.0 Å². The molecule has 0 bridgehead atoms. The number of nitrogens with one attached hydrogen (secondary N) is 3. The van der Waals surface area contributed by atoms with E-state index in [2.05, 4.69) is 37.9 Å². The number of anilines is 1. The van der Waals surface area contributed by atoms with Gasteiger partial charge < -0.3 is 16.0 Å². The minimum atomic E-state index is -0.348. The number of amides is 3. The van der Waals surface area contributed by atoms with Gasteiger partial charge in [0.15, 0.2) is 0 Å². The van der Waals surface area contributed by atoms with Crippen LogP contribution in [0.25, 0.3) is 0 Å². The molecule has 140 valence electrons.